The second-order valence-corrected chi connectivity index (χ2v) is 5.05. The van der Waals surface area contributed by atoms with Crippen LogP contribution < -0.4 is 5.32 Å². The standard InChI is InChI=1S/C13H18N6/c1-18-8-7-11(10-18)9-14-13-15-16-17-19(13)12-5-3-2-4-6-12/h2-6,11H,7-10H2,1H3,(H,14,15,17). The lowest BCUT2D eigenvalue weighted by atomic mass is 10.1. The van der Waals surface area contributed by atoms with Gasteiger partial charge in [0.05, 0.1) is 5.69 Å². The Bertz CT molecular complexity index is 523. The molecule has 0 spiro atoms. The van der Waals surface area contributed by atoms with Crippen molar-refractivity contribution in [2.24, 2.45) is 5.92 Å². The van der Waals surface area contributed by atoms with Crippen molar-refractivity contribution in [1.82, 2.24) is 25.1 Å². The van der Waals surface area contributed by atoms with Gasteiger partial charge in [0.2, 0.25) is 5.95 Å². The van der Waals surface area contributed by atoms with Crippen LogP contribution in [0.2, 0.25) is 0 Å². The van der Waals surface area contributed by atoms with Gasteiger partial charge in [-0.15, -0.1) is 0 Å². The van der Waals surface area contributed by atoms with E-state index in [0.29, 0.717) is 11.9 Å². The number of aromatic nitrogens is 4. The van der Waals surface area contributed by atoms with Gasteiger partial charge in [0.15, 0.2) is 0 Å². The van der Waals surface area contributed by atoms with Crippen LogP contribution in [0.1, 0.15) is 6.42 Å². The lowest BCUT2D eigenvalue weighted by Crippen LogP contribution is -2.20. The Kier molecular flexibility index (Phi) is 3.41. The molecule has 1 aromatic heterocycles. The van der Waals surface area contributed by atoms with Crippen molar-refractivity contribution in [2.45, 2.75) is 6.42 Å². The van der Waals surface area contributed by atoms with Crippen LogP contribution in [0.25, 0.3) is 5.69 Å². The summed E-state index contributed by atoms with van der Waals surface area (Å²) in [6.45, 7) is 3.23. The minimum atomic E-state index is 0.672. The maximum absolute atomic E-state index is 4.05. The Morgan fingerprint density at radius 3 is 2.89 bits per heavy atom. The van der Waals surface area contributed by atoms with E-state index in [9.17, 15) is 0 Å². The number of tetrazole rings is 1. The van der Waals surface area contributed by atoms with E-state index in [1.807, 2.05) is 30.3 Å². The molecule has 1 aliphatic rings. The molecule has 1 atom stereocenters. The average molecular weight is 258 g/mol. The van der Waals surface area contributed by atoms with Crippen LogP contribution >= 0.6 is 0 Å². The molecule has 1 N–H and O–H groups in total. The highest BCUT2D eigenvalue weighted by Gasteiger charge is 2.19. The second-order valence-electron chi connectivity index (χ2n) is 5.05. The molecule has 0 saturated carbocycles. The molecular weight excluding hydrogens is 240 g/mol. The summed E-state index contributed by atoms with van der Waals surface area (Å²) in [7, 11) is 2.16. The van der Waals surface area contributed by atoms with Crippen LogP contribution in [0.3, 0.4) is 0 Å². The van der Waals surface area contributed by atoms with Gasteiger partial charge in [0.1, 0.15) is 0 Å². The normalized spacial score (nSPS) is 19.7. The molecule has 19 heavy (non-hydrogen) atoms. The van der Waals surface area contributed by atoms with Crippen molar-refractivity contribution in [2.75, 3.05) is 32.0 Å². The lowest BCUT2D eigenvalue weighted by Gasteiger charge is -2.12. The molecule has 3 rings (SSSR count). The first-order valence-electron chi connectivity index (χ1n) is 6.59. The van der Waals surface area contributed by atoms with Crippen molar-refractivity contribution in [3.8, 4) is 5.69 Å². The van der Waals surface area contributed by atoms with Crippen LogP contribution in [0.15, 0.2) is 30.3 Å². The van der Waals surface area contributed by atoms with Gasteiger partial charge in [-0.2, -0.15) is 4.68 Å². The number of likely N-dealkylation sites (tertiary alicyclic amines) is 1. The SMILES string of the molecule is CN1CCC(CNc2nnnn2-c2ccccc2)C1. The summed E-state index contributed by atoms with van der Waals surface area (Å²) in [5.74, 6) is 1.38. The van der Waals surface area contributed by atoms with Gasteiger partial charge in [-0.05, 0) is 48.5 Å². The van der Waals surface area contributed by atoms with E-state index in [0.717, 1.165) is 18.8 Å². The molecule has 6 heteroatoms. The number of nitrogens with zero attached hydrogens (tertiary/aromatic N) is 5. The van der Waals surface area contributed by atoms with Crippen LogP contribution in [0.5, 0.6) is 0 Å². The molecule has 1 aliphatic heterocycles. The van der Waals surface area contributed by atoms with E-state index in [1.54, 1.807) is 4.68 Å². The predicted molar refractivity (Wildman–Crippen MR) is 73.2 cm³/mol. The number of nitrogens with one attached hydrogen (secondary N) is 1. The van der Waals surface area contributed by atoms with Gasteiger partial charge in [0, 0.05) is 13.1 Å². The number of para-hydroxylation sites is 1. The first-order valence-corrected chi connectivity index (χ1v) is 6.59. The molecule has 0 amide bonds. The van der Waals surface area contributed by atoms with E-state index in [2.05, 4.69) is 32.8 Å². The summed E-state index contributed by atoms with van der Waals surface area (Å²) in [5, 5.41) is 15.2. The Morgan fingerprint density at radius 1 is 1.32 bits per heavy atom. The highest BCUT2D eigenvalue weighted by Crippen LogP contribution is 2.16. The first-order chi connectivity index (χ1) is 9.33. The molecule has 2 heterocycles. The van der Waals surface area contributed by atoms with Crippen LogP contribution in [-0.2, 0) is 0 Å². The Hall–Kier alpha value is -1.95. The number of benzene rings is 1. The molecule has 0 bridgehead atoms. The smallest absolute Gasteiger partial charge is 0.247 e. The maximum atomic E-state index is 4.05. The molecule has 1 aromatic carbocycles. The third kappa shape index (κ3) is 2.73. The summed E-state index contributed by atoms with van der Waals surface area (Å²) in [6.07, 6.45) is 1.23. The highest BCUT2D eigenvalue weighted by molar-refractivity contribution is 5.38. The fourth-order valence-electron chi connectivity index (χ4n) is 2.47. The molecule has 2 aromatic rings. The van der Waals surface area contributed by atoms with Gasteiger partial charge in [0.25, 0.3) is 0 Å². The third-order valence-corrected chi connectivity index (χ3v) is 3.51. The molecule has 100 valence electrons. The van der Waals surface area contributed by atoms with Gasteiger partial charge in [-0.25, -0.2) is 0 Å². The highest BCUT2D eigenvalue weighted by atomic mass is 15.6. The van der Waals surface area contributed by atoms with E-state index in [-0.39, 0.29) is 0 Å². The summed E-state index contributed by atoms with van der Waals surface area (Å²) >= 11 is 0. The van der Waals surface area contributed by atoms with E-state index in [1.165, 1.54) is 13.0 Å². The molecule has 1 fully saturated rings. The summed E-state index contributed by atoms with van der Waals surface area (Å²) < 4.78 is 1.73. The Labute approximate surface area is 112 Å². The van der Waals surface area contributed by atoms with Crippen molar-refractivity contribution >= 4 is 5.95 Å². The van der Waals surface area contributed by atoms with Crippen LogP contribution in [0, 0.1) is 5.92 Å². The fraction of sp³-hybridized carbons (Fsp3) is 0.462. The third-order valence-electron chi connectivity index (χ3n) is 3.51. The average Bonchev–Trinajstić information content (AvgIpc) is 3.06. The zero-order valence-corrected chi connectivity index (χ0v) is 11.0. The number of hydrogen-bond acceptors (Lipinski definition) is 5. The predicted octanol–water partition coefficient (Wildman–Crippen LogP) is 1.03. The summed E-state index contributed by atoms with van der Waals surface area (Å²) in [5.41, 5.74) is 0.971. The second kappa shape index (κ2) is 5.36. The Balaban J connectivity index is 1.67. The van der Waals surface area contributed by atoms with E-state index < -0.39 is 0 Å². The van der Waals surface area contributed by atoms with E-state index in [4.69, 9.17) is 0 Å². The van der Waals surface area contributed by atoms with Gasteiger partial charge in [-0.1, -0.05) is 23.3 Å². The maximum Gasteiger partial charge on any atom is 0.247 e. The first kappa shape index (κ1) is 12.1. The minimum absolute atomic E-state index is 0.672. The van der Waals surface area contributed by atoms with Crippen LogP contribution in [0.4, 0.5) is 5.95 Å². The monoisotopic (exact) mass is 258 g/mol. The molecule has 0 radical (unpaired) electrons. The number of anilines is 1. The Morgan fingerprint density at radius 2 is 2.16 bits per heavy atom. The lowest BCUT2D eigenvalue weighted by molar-refractivity contribution is 0.399. The van der Waals surface area contributed by atoms with Crippen molar-refractivity contribution in [3.05, 3.63) is 30.3 Å². The minimum Gasteiger partial charge on any atom is -0.352 e. The topological polar surface area (TPSA) is 58.9 Å². The van der Waals surface area contributed by atoms with Crippen molar-refractivity contribution < 1.29 is 0 Å². The quantitative estimate of drug-likeness (QED) is 0.887. The fourth-order valence-corrected chi connectivity index (χ4v) is 2.47. The summed E-state index contributed by atoms with van der Waals surface area (Å²) in [4.78, 5) is 2.35. The van der Waals surface area contributed by atoms with Crippen molar-refractivity contribution in [1.29, 1.82) is 0 Å². The zero-order valence-electron chi connectivity index (χ0n) is 11.0. The molecule has 1 saturated heterocycles. The number of rotatable bonds is 4. The largest absolute Gasteiger partial charge is 0.352 e. The van der Waals surface area contributed by atoms with Gasteiger partial charge >= 0.3 is 0 Å². The van der Waals surface area contributed by atoms with E-state index >= 15 is 0 Å². The van der Waals surface area contributed by atoms with Crippen LogP contribution in [-0.4, -0.2) is 51.8 Å². The number of hydrogen-bond donors (Lipinski definition) is 1. The molecule has 1 unspecified atom stereocenters. The molecule has 6 nitrogen and oxygen atoms in total. The summed E-state index contributed by atoms with van der Waals surface area (Å²) in [6, 6.07) is 9.92. The molecular formula is C13H18N6. The molecule has 0 aliphatic carbocycles. The van der Waals surface area contributed by atoms with Gasteiger partial charge < -0.3 is 10.2 Å². The zero-order chi connectivity index (χ0) is 13.1. The van der Waals surface area contributed by atoms with Crippen molar-refractivity contribution in [3.63, 3.8) is 0 Å². The van der Waals surface area contributed by atoms with Gasteiger partial charge in [-0.3, -0.25) is 0 Å².